The van der Waals surface area contributed by atoms with E-state index in [0.717, 1.165) is 5.56 Å². The Morgan fingerprint density at radius 2 is 2.04 bits per heavy atom. The second-order valence-corrected chi connectivity index (χ2v) is 4.83. The third-order valence-corrected chi connectivity index (χ3v) is 2.61. The van der Waals surface area contributed by atoms with Gasteiger partial charge < -0.3 is 15.8 Å². The monoisotopic (exact) mass is 319 g/mol. The van der Waals surface area contributed by atoms with Gasteiger partial charge in [0.2, 0.25) is 5.91 Å². The van der Waals surface area contributed by atoms with Gasteiger partial charge in [0.15, 0.2) is 0 Å². The summed E-state index contributed by atoms with van der Waals surface area (Å²) in [6.45, 7) is 2.14. The molecular weight excluding hydrogens is 298 g/mol. The van der Waals surface area contributed by atoms with Crippen LogP contribution in [0.2, 0.25) is 0 Å². The number of carbonyl (C=O) groups is 2. The van der Waals surface area contributed by atoms with Gasteiger partial charge in [-0.25, -0.2) is 4.68 Å². The van der Waals surface area contributed by atoms with E-state index in [1.54, 1.807) is 32.5 Å². The number of amides is 2. The SMILES string of the molecule is COC.Cc1cccc(C(=O)NCc2cn(CC(N)=O)nn2)c1. The second kappa shape index (κ2) is 9.31. The Kier molecular flexibility index (Phi) is 7.41. The molecule has 0 bridgehead atoms. The van der Waals surface area contributed by atoms with E-state index in [-0.39, 0.29) is 19.0 Å². The van der Waals surface area contributed by atoms with Crippen molar-refractivity contribution in [2.24, 2.45) is 5.73 Å². The van der Waals surface area contributed by atoms with E-state index in [9.17, 15) is 9.59 Å². The fourth-order valence-electron chi connectivity index (χ4n) is 1.72. The number of nitrogens with two attached hydrogens (primary N) is 1. The minimum atomic E-state index is -0.495. The Bertz CT molecular complexity index is 654. The van der Waals surface area contributed by atoms with Gasteiger partial charge >= 0.3 is 0 Å². The molecule has 0 saturated heterocycles. The first-order valence-corrected chi connectivity index (χ1v) is 6.88. The smallest absolute Gasteiger partial charge is 0.251 e. The Morgan fingerprint density at radius 3 is 2.65 bits per heavy atom. The highest BCUT2D eigenvalue weighted by molar-refractivity contribution is 5.94. The second-order valence-electron chi connectivity index (χ2n) is 4.83. The maximum atomic E-state index is 11.9. The summed E-state index contributed by atoms with van der Waals surface area (Å²) < 4.78 is 5.58. The number of aromatic nitrogens is 3. The molecule has 23 heavy (non-hydrogen) atoms. The summed E-state index contributed by atoms with van der Waals surface area (Å²) in [6, 6.07) is 7.30. The zero-order valence-electron chi connectivity index (χ0n) is 13.4. The quantitative estimate of drug-likeness (QED) is 0.821. The maximum absolute atomic E-state index is 11.9. The average molecular weight is 319 g/mol. The number of primary amides is 1. The number of methoxy groups -OCH3 is 1. The first-order valence-electron chi connectivity index (χ1n) is 6.88. The highest BCUT2D eigenvalue weighted by atomic mass is 16.4. The molecule has 0 fully saturated rings. The number of benzene rings is 1. The van der Waals surface area contributed by atoms with Gasteiger partial charge in [-0.3, -0.25) is 9.59 Å². The Morgan fingerprint density at radius 1 is 1.35 bits per heavy atom. The topological polar surface area (TPSA) is 112 Å². The summed E-state index contributed by atoms with van der Waals surface area (Å²) in [4.78, 5) is 22.6. The number of nitrogens with zero attached hydrogens (tertiary/aromatic N) is 3. The zero-order valence-corrected chi connectivity index (χ0v) is 13.4. The van der Waals surface area contributed by atoms with Crippen molar-refractivity contribution in [3.8, 4) is 0 Å². The number of ether oxygens (including phenoxy) is 1. The van der Waals surface area contributed by atoms with Crippen LogP contribution in [0.25, 0.3) is 0 Å². The van der Waals surface area contributed by atoms with Crippen LogP contribution in [0.4, 0.5) is 0 Å². The van der Waals surface area contributed by atoms with Crippen LogP contribution in [0.3, 0.4) is 0 Å². The molecular formula is C15H21N5O3. The molecule has 0 aliphatic rings. The molecule has 0 aliphatic heterocycles. The van der Waals surface area contributed by atoms with Gasteiger partial charge in [-0.15, -0.1) is 5.10 Å². The molecule has 0 aliphatic carbocycles. The van der Waals surface area contributed by atoms with Crippen LogP contribution >= 0.6 is 0 Å². The van der Waals surface area contributed by atoms with E-state index in [0.29, 0.717) is 11.3 Å². The molecule has 1 heterocycles. The molecule has 3 N–H and O–H groups in total. The highest BCUT2D eigenvalue weighted by Gasteiger charge is 2.07. The van der Waals surface area contributed by atoms with Crippen LogP contribution in [-0.2, 0) is 22.6 Å². The largest absolute Gasteiger partial charge is 0.388 e. The van der Waals surface area contributed by atoms with E-state index in [1.165, 1.54) is 4.68 Å². The number of rotatable bonds is 5. The van der Waals surface area contributed by atoms with E-state index >= 15 is 0 Å². The van der Waals surface area contributed by atoms with Gasteiger partial charge in [-0.1, -0.05) is 22.9 Å². The van der Waals surface area contributed by atoms with Crippen molar-refractivity contribution < 1.29 is 14.3 Å². The molecule has 1 aromatic heterocycles. The molecule has 0 saturated carbocycles. The predicted molar refractivity (Wildman–Crippen MR) is 84.5 cm³/mol. The van der Waals surface area contributed by atoms with Crippen molar-refractivity contribution in [1.82, 2.24) is 20.3 Å². The van der Waals surface area contributed by atoms with E-state index in [1.807, 2.05) is 19.1 Å². The standard InChI is InChI=1S/C13H15N5O2.C2H6O/c1-9-3-2-4-10(5-9)13(20)15-6-11-7-18(17-16-11)8-12(14)19;1-3-2/h2-5,7H,6,8H2,1H3,(H2,14,19)(H,15,20);1-2H3. The lowest BCUT2D eigenvalue weighted by molar-refractivity contribution is -0.118. The van der Waals surface area contributed by atoms with Crippen molar-refractivity contribution >= 4 is 11.8 Å². The van der Waals surface area contributed by atoms with Crippen LogP contribution in [0.5, 0.6) is 0 Å². The first kappa shape index (κ1) is 18.3. The molecule has 1 aromatic carbocycles. The number of aryl methyl sites for hydroxylation is 1. The molecule has 2 amide bonds. The van der Waals surface area contributed by atoms with Crippen molar-refractivity contribution in [2.75, 3.05) is 14.2 Å². The van der Waals surface area contributed by atoms with Gasteiger partial charge in [0.05, 0.1) is 12.7 Å². The molecule has 2 aromatic rings. The molecule has 124 valence electrons. The number of nitrogens with one attached hydrogen (secondary N) is 1. The lowest BCUT2D eigenvalue weighted by Crippen LogP contribution is -2.23. The van der Waals surface area contributed by atoms with Crippen molar-refractivity contribution in [3.05, 3.63) is 47.3 Å². The summed E-state index contributed by atoms with van der Waals surface area (Å²) in [6.07, 6.45) is 1.57. The molecule has 2 rings (SSSR count). The van der Waals surface area contributed by atoms with E-state index in [2.05, 4.69) is 20.4 Å². The summed E-state index contributed by atoms with van der Waals surface area (Å²) >= 11 is 0. The summed E-state index contributed by atoms with van der Waals surface area (Å²) in [5, 5.41) is 10.3. The molecule has 0 radical (unpaired) electrons. The number of hydrogen-bond acceptors (Lipinski definition) is 5. The van der Waals surface area contributed by atoms with E-state index in [4.69, 9.17) is 5.73 Å². The fraction of sp³-hybridized carbons (Fsp3) is 0.333. The summed E-state index contributed by atoms with van der Waals surface area (Å²) in [5.41, 5.74) is 7.22. The van der Waals surface area contributed by atoms with Gasteiger partial charge in [0.25, 0.3) is 5.91 Å². The third-order valence-electron chi connectivity index (χ3n) is 2.61. The van der Waals surface area contributed by atoms with Crippen LogP contribution in [0.1, 0.15) is 21.6 Å². The van der Waals surface area contributed by atoms with Gasteiger partial charge in [0.1, 0.15) is 12.2 Å². The van der Waals surface area contributed by atoms with Crippen molar-refractivity contribution in [3.63, 3.8) is 0 Å². The summed E-state index contributed by atoms with van der Waals surface area (Å²) in [7, 11) is 3.25. The van der Waals surface area contributed by atoms with Gasteiger partial charge in [-0.2, -0.15) is 0 Å². The van der Waals surface area contributed by atoms with Crippen LogP contribution < -0.4 is 11.1 Å². The first-order chi connectivity index (χ1) is 11.0. The summed E-state index contributed by atoms with van der Waals surface area (Å²) in [5.74, 6) is -0.677. The third kappa shape index (κ3) is 6.70. The minimum absolute atomic E-state index is 0.0289. The van der Waals surface area contributed by atoms with Crippen LogP contribution in [0, 0.1) is 6.92 Å². The lowest BCUT2D eigenvalue weighted by atomic mass is 10.1. The van der Waals surface area contributed by atoms with E-state index < -0.39 is 5.91 Å². The molecule has 0 atom stereocenters. The highest BCUT2D eigenvalue weighted by Crippen LogP contribution is 2.04. The Balaban J connectivity index is 0.000000816. The average Bonchev–Trinajstić information content (AvgIpc) is 2.92. The van der Waals surface area contributed by atoms with Crippen molar-refractivity contribution in [2.45, 2.75) is 20.0 Å². The Hall–Kier alpha value is -2.74. The number of carbonyl (C=O) groups excluding carboxylic acids is 2. The number of hydrogen-bond donors (Lipinski definition) is 2. The van der Waals surface area contributed by atoms with Gasteiger partial charge in [0, 0.05) is 19.8 Å². The lowest BCUT2D eigenvalue weighted by Gasteiger charge is -2.03. The predicted octanol–water partition coefficient (Wildman–Crippen LogP) is 0.264. The normalized spacial score (nSPS) is 9.70. The van der Waals surface area contributed by atoms with Crippen LogP contribution in [-0.4, -0.2) is 41.0 Å². The fourth-order valence-corrected chi connectivity index (χ4v) is 1.72. The molecule has 8 nitrogen and oxygen atoms in total. The van der Waals surface area contributed by atoms with Gasteiger partial charge in [-0.05, 0) is 19.1 Å². The molecule has 8 heteroatoms. The zero-order chi connectivity index (χ0) is 17.2. The Labute approximate surface area is 134 Å². The minimum Gasteiger partial charge on any atom is -0.388 e. The molecule has 0 unspecified atom stereocenters. The van der Waals surface area contributed by atoms with Crippen molar-refractivity contribution in [1.29, 1.82) is 0 Å². The van der Waals surface area contributed by atoms with Crippen LogP contribution in [0.15, 0.2) is 30.5 Å². The molecule has 0 spiro atoms. The maximum Gasteiger partial charge on any atom is 0.251 e.